The van der Waals surface area contributed by atoms with Crippen molar-refractivity contribution in [2.45, 2.75) is 13.0 Å². The van der Waals surface area contributed by atoms with Crippen molar-refractivity contribution in [3.8, 4) is 0 Å². The molecule has 0 aliphatic heterocycles. The molecule has 1 unspecified atom stereocenters. The van der Waals surface area contributed by atoms with Gasteiger partial charge in [0.15, 0.2) is 6.04 Å². The highest BCUT2D eigenvalue weighted by Crippen LogP contribution is 2.30. The van der Waals surface area contributed by atoms with Crippen molar-refractivity contribution in [2.24, 2.45) is 0 Å². The molecule has 0 radical (unpaired) electrons. The molecular formula is C15H14BrNO2. The Labute approximate surface area is 120 Å². The zero-order chi connectivity index (χ0) is 13.8. The van der Waals surface area contributed by atoms with E-state index >= 15 is 0 Å². The van der Waals surface area contributed by atoms with Crippen molar-refractivity contribution >= 4 is 27.8 Å². The van der Waals surface area contributed by atoms with Crippen LogP contribution < -0.4 is 3.93 Å². The number of halogens is 1. The summed E-state index contributed by atoms with van der Waals surface area (Å²) in [4.78, 5) is 11.5. The molecule has 0 amide bonds. The van der Waals surface area contributed by atoms with E-state index in [0.29, 0.717) is 0 Å². The molecule has 1 N–H and O–H groups in total. The van der Waals surface area contributed by atoms with Crippen LogP contribution in [0.1, 0.15) is 17.2 Å². The van der Waals surface area contributed by atoms with Gasteiger partial charge in [0.05, 0.1) is 16.1 Å². The summed E-state index contributed by atoms with van der Waals surface area (Å²) in [6.07, 6.45) is 0. The number of aliphatic carboxylic acids is 1. The molecule has 2 aromatic carbocycles. The number of para-hydroxylation sites is 1. The standard InChI is InChI=1S/C15H14BrNO2/c1-11-7-9-12(10-8-11)14(15(18)19)17(16)13-5-3-2-4-6-13/h2-10,14H,1H3,(H,18,19). The fraction of sp³-hybridized carbons (Fsp3) is 0.133. The van der Waals surface area contributed by atoms with Crippen LogP contribution in [-0.4, -0.2) is 11.1 Å². The minimum absolute atomic E-state index is 0.735. The van der Waals surface area contributed by atoms with Crippen molar-refractivity contribution in [2.75, 3.05) is 3.93 Å². The van der Waals surface area contributed by atoms with Gasteiger partial charge < -0.3 is 5.11 Å². The normalized spacial score (nSPS) is 11.9. The second-order valence-electron chi connectivity index (χ2n) is 4.30. The van der Waals surface area contributed by atoms with Gasteiger partial charge in [-0.05, 0) is 24.6 Å². The van der Waals surface area contributed by atoms with Crippen molar-refractivity contribution < 1.29 is 9.90 Å². The summed E-state index contributed by atoms with van der Waals surface area (Å²) in [6, 6.07) is 16.1. The van der Waals surface area contributed by atoms with Crippen molar-refractivity contribution in [3.63, 3.8) is 0 Å². The van der Waals surface area contributed by atoms with Crippen molar-refractivity contribution in [1.82, 2.24) is 0 Å². The highest BCUT2D eigenvalue weighted by Gasteiger charge is 2.26. The maximum Gasteiger partial charge on any atom is 0.331 e. The van der Waals surface area contributed by atoms with Crippen LogP contribution in [0.25, 0.3) is 0 Å². The Balaban J connectivity index is 2.36. The molecule has 2 rings (SSSR count). The van der Waals surface area contributed by atoms with E-state index < -0.39 is 12.0 Å². The predicted molar refractivity (Wildman–Crippen MR) is 79.4 cm³/mol. The highest BCUT2D eigenvalue weighted by molar-refractivity contribution is 9.10. The molecule has 0 fully saturated rings. The SMILES string of the molecule is Cc1ccc(C(C(=O)O)N(Br)c2ccccc2)cc1. The summed E-state index contributed by atoms with van der Waals surface area (Å²) in [5, 5.41) is 9.46. The molecule has 3 nitrogen and oxygen atoms in total. The van der Waals surface area contributed by atoms with Crippen LogP contribution in [0.4, 0.5) is 5.69 Å². The third-order valence-corrected chi connectivity index (χ3v) is 3.68. The van der Waals surface area contributed by atoms with Crippen LogP contribution in [-0.2, 0) is 4.79 Å². The second kappa shape index (κ2) is 5.89. The van der Waals surface area contributed by atoms with E-state index in [-0.39, 0.29) is 0 Å². The fourth-order valence-electron chi connectivity index (χ4n) is 1.84. The number of carboxylic acids is 1. The molecule has 2 aromatic rings. The number of hydrogen-bond acceptors (Lipinski definition) is 2. The lowest BCUT2D eigenvalue weighted by Crippen LogP contribution is -2.26. The summed E-state index contributed by atoms with van der Waals surface area (Å²) >= 11 is 3.36. The van der Waals surface area contributed by atoms with Crippen LogP contribution in [0, 0.1) is 6.92 Å². The van der Waals surface area contributed by atoms with Gasteiger partial charge in [-0.25, -0.2) is 4.79 Å². The van der Waals surface area contributed by atoms with E-state index in [9.17, 15) is 9.90 Å². The van der Waals surface area contributed by atoms with Gasteiger partial charge in [0.25, 0.3) is 0 Å². The van der Waals surface area contributed by atoms with Gasteiger partial charge in [-0.1, -0.05) is 48.0 Å². The molecule has 4 heteroatoms. The summed E-state index contributed by atoms with van der Waals surface area (Å²) in [7, 11) is 0. The first-order valence-corrected chi connectivity index (χ1v) is 6.60. The molecule has 0 heterocycles. The first-order chi connectivity index (χ1) is 9.09. The van der Waals surface area contributed by atoms with Gasteiger partial charge >= 0.3 is 5.97 Å². The van der Waals surface area contributed by atoms with Crippen molar-refractivity contribution in [3.05, 3.63) is 65.7 Å². The Kier molecular flexibility index (Phi) is 4.22. The maximum absolute atomic E-state index is 11.5. The lowest BCUT2D eigenvalue weighted by molar-refractivity contribution is -0.138. The zero-order valence-electron chi connectivity index (χ0n) is 10.5. The molecule has 0 saturated heterocycles. The van der Waals surface area contributed by atoms with Crippen molar-refractivity contribution in [1.29, 1.82) is 0 Å². The largest absolute Gasteiger partial charge is 0.479 e. The summed E-state index contributed by atoms with van der Waals surface area (Å²) in [6.45, 7) is 1.97. The number of hydrogen-bond donors (Lipinski definition) is 1. The predicted octanol–water partition coefficient (Wildman–Crippen LogP) is 3.94. The van der Waals surface area contributed by atoms with Crippen LogP contribution >= 0.6 is 16.1 Å². The van der Waals surface area contributed by atoms with Gasteiger partial charge in [0.2, 0.25) is 0 Å². The Bertz CT molecular complexity index is 554. The number of nitrogens with zero attached hydrogens (tertiary/aromatic N) is 1. The molecule has 1 atom stereocenters. The van der Waals surface area contributed by atoms with E-state index in [1.165, 1.54) is 0 Å². The molecule has 0 saturated carbocycles. The summed E-state index contributed by atoms with van der Waals surface area (Å²) in [5.74, 6) is -0.899. The minimum atomic E-state index is -0.899. The molecule has 98 valence electrons. The van der Waals surface area contributed by atoms with E-state index in [0.717, 1.165) is 16.8 Å². The second-order valence-corrected chi connectivity index (χ2v) is 5.06. The molecular weight excluding hydrogens is 306 g/mol. The Morgan fingerprint density at radius 1 is 1.11 bits per heavy atom. The highest BCUT2D eigenvalue weighted by atomic mass is 79.9. The van der Waals surface area contributed by atoms with Crippen LogP contribution in [0.5, 0.6) is 0 Å². The first-order valence-electron chi connectivity index (χ1n) is 5.89. The van der Waals surface area contributed by atoms with Crippen LogP contribution in [0.3, 0.4) is 0 Å². The number of carbonyl (C=O) groups is 1. The number of aryl methyl sites for hydroxylation is 1. The molecule has 0 aliphatic carbocycles. The van der Waals surface area contributed by atoms with E-state index in [4.69, 9.17) is 0 Å². The maximum atomic E-state index is 11.5. The monoisotopic (exact) mass is 319 g/mol. The zero-order valence-corrected chi connectivity index (χ0v) is 12.0. The van der Waals surface area contributed by atoms with Gasteiger partial charge in [0.1, 0.15) is 0 Å². The van der Waals surface area contributed by atoms with Gasteiger partial charge in [-0.15, -0.1) is 0 Å². The van der Waals surface area contributed by atoms with E-state index in [1.54, 1.807) is 3.93 Å². The smallest absolute Gasteiger partial charge is 0.331 e. The van der Waals surface area contributed by atoms with E-state index in [1.807, 2.05) is 61.5 Å². The average Bonchev–Trinajstić information content (AvgIpc) is 2.42. The molecule has 19 heavy (non-hydrogen) atoms. The molecule has 0 aliphatic rings. The van der Waals surface area contributed by atoms with Gasteiger partial charge in [0, 0.05) is 5.69 Å². The Hall–Kier alpha value is -1.81. The third kappa shape index (κ3) is 3.15. The topological polar surface area (TPSA) is 40.5 Å². The fourth-order valence-corrected chi connectivity index (χ4v) is 2.49. The number of anilines is 1. The van der Waals surface area contributed by atoms with Crippen LogP contribution in [0.15, 0.2) is 54.6 Å². The number of carboxylic acid groups (broad SMARTS) is 1. The Morgan fingerprint density at radius 3 is 2.21 bits per heavy atom. The lowest BCUT2D eigenvalue weighted by atomic mass is 10.0. The van der Waals surface area contributed by atoms with E-state index in [2.05, 4.69) is 16.1 Å². The van der Waals surface area contributed by atoms with Crippen LogP contribution in [0.2, 0.25) is 0 Å². The molecule has 0 bridgehead atoms. The quantitative estimate of drug-likeness (QED) is 0.868. The Morgan fingerprint density at radius 2 is 1.68 bits per heavy atom. The number of benzene rings is 2. The third-order valence-electron chi connectivity index (χ3n) is 2.86. The van der Waals surface area contributed by atoms with Gasteiger partial charge in [-0.2, -0.15) is 0 Å². The average molecular weight is 320 g/mol. The minimum Gasteiger partial charge on any atom is -0.479 e. The molecule has 0 spiro atoms. The molecule has 0 aromatic heterocycles. The first kappa shape index (κ1) is 13.6. The number of rotatable bonds is 4. The summed E-state index contributed by atoms with van der Waals surface area (Å²) < 4.78 is 1.58. The summed E-state index contributed by atoms with van der Waals surface area (Å²) in [5.41, 5.74) is 2.64. The lowest BCUT2D eigenvalue weighted by Gasteiger charge is -2.24. The van der Waals surface area contributed by atoms with Gasteiger partial charge in [-0.3, -0.25) is 3.93 Å².